The predicted molar refractivity (Wildman–Crippen MR) is 67.4 cm³/mol. The topological polar surface area (TPSA) is 58.2 Å². The van der Waals surface area contributed by atoms with E-state index in [1.165, 1.54) is 12.1 Å². The van der Waals surface area contributed by atoms with Crippen molar-refractivity contribution < 1.29 is 9.59 Å². The summed E-state index contributed by atoms with van der Waals surface area (Å²) in [4.78, 5) is 22.7. The van der Waals surface area contributed by atoms with E-state index in [2.05, 4.69) is 5.43 Å². The van der Waals surface area contributed by atoms with E-state index < -0.39 is 15.6 Å². The van der Waals surface area contributed by atoms with Crippen molar-refractivity contribution in [1.29, 1.82) is 0 Å². The van der Waals surface area contributed by atoms with Gasteiger partial charge in [0.2, 0.25) is 0 Å². The van der Waals surface area contributed by atoms with Crippen LogP contribution in [0.5, 0.6) is 0 Å². The molecule has 8 heteroatoms. The number of rotatable bonds is 1. The second kappa shape index (κ2) is 5.78. The monoisotopic (exact) mass is 314 g/mol. The Morgan fingerprint density at radius 3 is 2.18 bits per heavy atom. The van der Waals surface area contributed by atoms with Crippen molar-refractivity contribution in [2.45, 2.75) is 3.79 Å². The molecule has 0 fully saturated rings. The fourth-order valence-electron chi connectivity index (χ4n) is 0.897. The molecular formula is C9H6Cl4N2O2. The molecule has 0 aliphatic rings. The average Bonchev–Trinajstić information content (AvgIpc) is 2.24. The van der Waals surface area contributed by atoms with Gasteiger partial charge in [0.05, 0.1) is 10.6 Å². The van der Waals surface area contributed by atoms with Gasteiger partial charge in [0, 0.05) is 0 Å². The Morgan fingerprint density at radius 1 is 1.06 bits per heavy atom. The number of alkyl halides is 3. The summed E-state index contributed by atoms with van der Waals surface area (Å²) in [5.74, 6) is -1.58. The normalized spacial score (nSPS) is 10.8. The predicted octanol–water partition coefficient (Wildman–Crippen LogP) is 2.47. The molecule has 1 rings (SSSR count). The van der Waals surface area contributed by atoms with Crippen LogP contribution in [0.2, 0.25) is 5.02 Å². The van der Waals surface area contributed by atoms with Gasteiger partial charge >= 0.3 is 0 Å². The number of halogens is 4. The fourth-order valence-corrected chi connectivity index (χ4v) is 1.26. The first-order valence-corrected chi connectivity index (χ1v) is 5.75. The summed E-state index contributed by atoms with van der Waals surface area (Å²) in [5, 5.41) is 0.244. The molecule has 1 aromatic carbocycles. The van der Waals surface area contributed by atoms with Gasteiger partial charge in [0.1, 0.15) is 0 Å². The minimum atomic E-state index is -2.15. The zero-order valence-corrected chi connectivity index (χ0v) is 11.2. The van der Waals surface area contributed by atoms with E-state index in [0.717, 1.165) is 0 Å². The maximum atomic E-state index is 11.6. The van der Waals surface area contributed by atoms with Gasteiger partial charge in [-0.05, 0) is 12.1 Å². The van der Waals surface area contributed by atoms with Gasteiger partial charge in [-0.2, -0.15) is 0 Å². The number of benzene rings is 1. The Labute approximate surface area is 117 Å². The molecule has 0 aromatic heterocycles. The standard InChI is InChI=1S/C9H6Cl4N2O2/c10-6-4-2-1-3-5(6)7(16)14-15-8(17)9(11,12)13/h1-4H,(H,14,16)(H,15,17). The van der Waals surface area contributed by atoms with Crippen molar-refractivity contribution in [3.8, 4) is 0 Å². The maximum Gasteiger partial charge on any atom is 0.290 e. The lowest BCUT2D eigenvalue weighted by atomic mass is 10.2. The Kier molecular flexibility index (Phi) is 4.89. The number of carbonyl (C=O) groups excluding carboxylic acids is 2. The summed E-state index contributed by atoms with van der Waals surface area (Å²) >= 11 is 21.6. The highest BCUT2D eigenvalue weighted by molar-refractivity contribution is 6.76. The van der Waals surface area contributed by atoms with Gasteiger partial charge in [-0.3, -0.25) is 20.4 Å². The first-order valence-electron chi connectivity index (χ1n) is 4.24. The van der Waals surface area contributed by atoms with Crippen LogP contribution >= 0.6 is 46.4 Å². The van der Waals surface area contributed by atoms with Crippen LogP contribution in [-0.4, -0.2) is 15.6 Å². The highest BCUT2D eigenvalue weighted by Gasteiger charge is 2.30. The van der Waals surface area contributed by atoms with Crippen LogP contribution in [0.4, 0.5) is 0 Å². The number of nitrogens with one attached hydrogen (secondary N) is 2. The fraction of sp³-hybridized carbons (Fsp3) is 0.111. The van der Waals surface area contributed by atoms with Crippen LogP contribution in [0.1, 0.15) is 10.4 Å². The third-order valence-electron chi connectivity index (χ3n) is 1.67. The minimum absolute atomic E-state index is 0.193. The van der Waals surface area contributed by atoms with Crippen molar-refractivity contribution in [2.24, 2.45) is 0 Å². The second-order valence-corrected chi connectivity index (χ2v) is 5.57. The largest absolute Gasteiger partial charge is 0.290 e. The highest BCUT2D eigenvalue weighted by atomic mass is 35.6. The lowest BCUT2D eigenvalue weighted by Crippen LogP contribution is -2.46. The Balaban J connectivity index is 2.63. The van der Waals surface area contributed by atoms with Crippen molar-refractivity contribution in [1.82, 2.24) is 10.9 Å². The van der Waals surface area contributed by atoms with Crippen LogP contribution < -0.4 is 10.9 Å². The molecule has 0 bridgehead atoms. The molecule has 0 aliphatic carbocycles. The van der Waals surface area contributed by atoms with Crippen LogP contribution in [0, 0.1) is 0 Å². The Bertz CT molecular complexity index is 445. The summed E-state index contributed by atoms with van der Waals surface area (Å²) in [6.07, 6.45) is 0. The highest BCUT2D eigenvalue weighted by Crippen LogP contribution is 2.25. The van der Waals surface area contributed by atoms with E-state index >= 15 is 0 Å². The molecule has 2 N–H and O–H groups in total. The Morgan fingerprint density at radius 2 is 1.65 bits per heavy atom. The van der Waals surface area contributed by atoms with Crippen molar-refractivity contribution >= 4 is 58.2 Å². The first kappa shape index (κ1) is 14.4. The first-order chi connectivity index (χ1) is 7.82. The SMILES string of the molecule is O=C(NNC(=O)C(Cl)(Cl)Cl)c1ccccc1Cl. The van der Waals surface area contributed by atoms with Crippen LogP contribution in [0.15, 0.2) is 24.3 Å². The van der Waals surface area contributed by atoms with Gasteiger partial charge in [0.25, 0.3) is 15.6 Å². The molecule has 92 valence electrons. The molecule has 0 atom stereocenters. The quantitative estimate of drug-likeness (QED) is 0.618. The van der Waals surface area contributed by atoms with Crippen LogP contribution in [0.3, 0.4) is 0 Å². The molecule has 0 saturated carbocycles. The van der Waals surface area contributed by atoms with Gasteiger partial charge in [-0.25, -0.2) is 0 Å². The minimum Gasteiger partial charge on any atom is -0.268 e. The summed E-state index contributed by atoms with van der Waals surface area (Å²) in [6.45, 7) is 0. The molecule has 0 heterocycles. The molecule has 4 nitrogen and oxygen atoms in total. The smallest absolute Gasteiger partial charge is 0.268 e. The van der Waals surface area contributed by atoms with E-state index in [9.17, 15) is 9.59 Å². The summed E-state index contributed by atoms with van der Waals surface area (Å²) in [5.41, 5.74) is 4.22. The molecular weight excluding hydrogens is 310 g/mol. The maximum absolute atomic E-state index is 11.6. The summed E-state index contributed by atoms with van der Waals surface area (Å²) in [7, 11) is 0. The van der Waals surface area contributed by atoms with E-state index in [4.69, 9.17) is 46.4 Å². The van der Waals surface area contributed by atoms with Crippen molar-refractivity contribution in [3.05, 3.63) is 34.9 Å². The van der Waals surface area contributed by atoms with Gasteiger partial charge in [-0.1, -0.05) is 58.5 Å². The zero-order valence-electron chi connectivity index (χ0n) is 8.14. The average molecular weight is 316 g/mol. The molecule has 0 aliphatic heterocycles. The lowest BCUT2D eigenvalue weighted by molar-refractivity contribution is -0.120. The third-order valence-corrected chi connectivity index (χ3v) is 2.51. The van der Waals surface area contributed by atoms with E-state index in [0.29, 0.717) is 0 Å². The van der Waals surface area contributed by atoms with E-state index in [1.807, 2.05) is 5.43 Å². The van der Waals surface area contributed by atoms with Crippen LogP contribution in [0.25, 0.3) is 0 Å². The molecule has 0 radical (unpaired) electrons. The number of hydrogen-bond donors (Lipinski definition) is 2. The van der Waals surface area contributed by atoms with E-state index in [1.54, 1.807) is 12.1 Å². The van der Waals surface area contributed by atoms with E-state index in [-0.39, 0.29) is 10.6 Å². The number of hydrogen-bond acceptors (Lipinski definition) is 2. The molecule has 17 heavy (non-hydrogen) atoms. The van der Waals surface area contributed by atoms with Gasteiger partial charge in [0.15, 0.2) is 0 Å². The molecule has 0 unspecified atom stereocenters. The molecule has 0 saturated heterocycles. The van der Waals surface area contributed by atoms with Crippen molar-refractivity contribution in [3.63, 3.8) is 0 Å². The number of amides is 2. The summed E-state index contributed by atoms with van der Waals surface area (Å²) < 4.78 is -2.15. The van der Waals surface area contributed by atoms with Gasteiger partial charge < -0.3 is 0 Å². The Hall–Kier alpha value is -0.680. The van der Waals surface area contributed by atoms with Crippen molar-refractivity contribution in [2.75, 3.05) is 0 Å². The van der Waals surface area contributed by atoms with Gasteiger partial charge in [-0.15, -0.1) is 0 Å². The second-order valence-electron chi connectivity index (χ2n) is 2.89. The third kappa shape index (κ3) is 4.24. The van der Waals surface area contributed by atoms with Crippen LogP contribution in [-0.2, 0) is 4.79 Å². The zero-order chi connectivity index (χ0) is 13.1. The lowest BCUT2D eigenvalue weighted by Gasteiger charge is -2.12. The number of carbonyl (C=O) groups is 2. The number of hydrazine groups is 1. The molecule has 0 spiro atoms. The molecule has 2 amide bonds. The summed E-state index contributed by atoms with van der Waals surface area (Å²) in [6, 6.07) is 6.31. The molecule has 1 aromatic rings.